The van der Waals surface area contributed by atoms with Crippen LogP contribution in [0.15, 0.2) is 42.5 Å². The number of carbonyl (C=O) groups is 1. The van der Waals surface area contributed by atoms with Gasteiger partial charge in [0.05, 0.1) is 36.4 Å². The molecular weight excluding hydrogens is 364 g/mol. The minimum atomic E-state index is -3.22. The van der Waals surface area contributed by atoms with Gasteiger partial charge in [-0.3, -0.25) is 9.80 Å². The largest absolute Gasteiger partial charge is 0.495 e. The molecule has 2 heterocycles. The molecule has 0 spiro atoms. The second kappa shape index (κ2) is 6.27. The summed E-state index contributed by atoms with van der Waals surface area (Å²) < 4.78 is 30.2. The zero-order chi connectivity index (χ0) is 19.3. The predicted octanol–water partition coefficient (Wildman–Crippen LogP) is 2.92. The predicted molar refractivity (Wildman–Crippen MR) is 105 cm³/mol. The van der Waals surface area contributed by atoms with Gasteiger partial charge in [-0.25, -0.2) is 13.2 Å². The number of sulfone groups is 1. The average Bonchev–Trinajstić information content (AvgIpc) is 3.06. The number of para-hydroxylation sites is 2. The number of rotatable bonds is 3. The van der Waals surface area contributed by atoms with E-state index in [1.54, 1.807) is 29.0 Å². The number of amides is 2. The van der Waals surface area contributed by atoms with E-state index in [2.05, 4.69) is 0 Å². The van der Waals surface area contributed by atoms with Gasteiger partial charge in [0.25, 0.3) is 0 Å². The lowest BCUT2D eigenvalue weighted by Crippen LogP contribution is -2.38. The van der Waals surface area contributed by atoms with Crippen LogP contribution in [0.4, 0.5) is 16.2 Å². The highest BCUT2D eigenvalue weighted by atomic mass is 32.2. The van der Waals surface area contributed by atoms with Gasteiger partial charge in [-0.15, -0.1) is 0 Å². The summed E-state index contributed by atoms with van der Waals surface area (Å²) in [5.74, 6) is 0.487. The Morgan fingerprint density at radius 2 is 1.63 bits per heavy atom. The van der Waals surface area contributed by atoms with Crippen molar-refractivity contribution in [3.8, 4) is 5.75 Å². The molecule has 0 aliphatic carbocycles. The standard InChI is InChI=1S/C20H22N2O4S/c1-13-8-9-15(10-14(13)2)21-17-11-27(24,25)12-18(17)22(20(21)23)16-6-4-5-7-19(16)26-3/h4-10,17-18H,11-12H2,1-3H3/t17-,18+/m0/s1. The van der Waals surface area contributed by atoms with E-state index in [9.17, 15) is 13.2 Å². The van der Waals surface area contributed by atoms with E-state index >= 15 is 0 Å². The number of benzene rings is 2. The van der Waals surface area contributed by atoms with Crippen LogP contribution < -0.4 is 14.5 Å². The molecule has 0 radical (unpaired) electrons. The lowest BCUT2D eigenvalue weighted by molar-refractivity contribution is 0.255. The minimum Gasteiger partial charge on any atom is -0.495 e. The van der Waals surface area contributed by atoms with Gasteiger partial charge in [-0.2, -0.15) is 0 Å². The van der Waals surface area contributed by atoms with Crippen LogP contribution in [0, 0.1) is 13.8 Å². The highest BCUT2D eigenvalue weighted by Crippen LogP contribution is 2.41. The number of methoxy groups -OCH3 is 1. The van der Waals surface area contributed by atoms with Gasteiger partial charge < -0.3 is 4.74 Å². The number of hydrogen-bond donors (Lipinski definition) is 0. The Labute approximate surface area is 159 Å². The zero-order valence-electron chi connectivity index (χ0n) is 15.5. The van der Waals surface area contributed by atoms with E-state index in [-0.39, 0.29) is 17.5 Å². The summed E-state index contributed by atoms with van der Waals surface area (Å²) in [4.78, 5) is 16.6. The molecule has 4 rings (SSSR count). The monoisotopic (exact) mass is 386 g/mol. The van der Waals surface area contributed by atoms with Crippen molar-refractivity contribution in [2.75, 3.05) is 28.4 Å². The SMILES string of the molecule is COc1ccccc1N1C(=O)N(c2ccc(C)c(C)c2)[C@H]2CS(=O)(=O)C[C@H]21. The molecule has 2 amide bonds. The molecule has 6 nitrogen and oxygen atoms in total. The van der Waals surface area contributed by atoms with Gasteiger partial charge in [-0.1, -0.05) is 18.2 Å². The molecule has 2 aromatic carbocycles. The van der Waals surface area contributed by atoms with Crippen molar-refractivity contribution in [3.05, 3.63) is 53.6 Å². The van der Waals surface area contributed by atoms with E-state index in [1.807, 2.05) is 44.2 Å². The molecule has 0 unspecified atom stereocenters. The fraction of sp³-hybridized carbons (Fsp3) is 0.350. The van der Waals surface area contributed by atoms with Crippen molar-refractivity contribution >= 4 is 27.2 Å². The van der Waals surface area contributed by atoms with Crippen molar-refractivity contribution in [2.24, 2.45) is 0 Å². The number of urea groups is 1. The highest BCUT2D eigenvalue weighted by Gasteiger charge is 2.55. The molecule has 0 N–H and O–H groups in total. The normalized spacial score (nSPS) is 23.6. The molecule has 2 aromatic rings. The number of ether oxygens (including phenoxy) is 1. The second-order valence-corrected chi connectivity index (χ2v) is 9.33. The summed E-state index contributed by atoms with van der Waals surface area (Å²) in [7, 11) is -1.68. The van der Waals surface area contributed by atoms with Gasteiger partial charge in [0.2, 0.25) is 0 Å². The quantitative estimate of drug-likeness (QED) is 0.761. The summed E-state index contributed by atoms with van der Waals surface area (Å²) >= 11 is 0. The van der Waals surface area contributed by atoms with Crippen LogP contribution in [-0.4, -0.2) is 45.1 Å². The summed E-state index contributed by atoms with van der Waals surface area (Å²) in [5.41, 5.74) is 3.52. The topological polar surface area (TPSA) is 66.9 Å². The Kier molecular flexibility index (Phi) is 4.14. The van der Waals surface area contributed by atoms with Crippen molar-refractivity contribution in [1.29, 1.82) is 0 Å². The highest BCUT2D eigenvalue weighted by molar-refractivity contribution is 7.91. The Balaban J connectivity index is 1.84. The first-order valence-corrected chi connectivity index (χ1v) is 10.7. The van der Waals surface area contributed by atoms with Crippen LogP contribution in [0.2, 0.25) is 0 Å². The lowest BCUT2D eigenvalue weighted by atomic mass is 10.1. The van der Waals surface area contributed by atoms with Gasteiger partial charge in [0.15, 0.2) is 9.84 Å². The Hall–Kier alpha value is -2.54. The average molecular weight is 386 g/mol. The maximum atomic E-state index is 13.4. The minimum absolute atomic E-state index is 0.0258. The first-order valence-electron chi connectivity index (χ1n) is 8.85. The Morgan fingerprint density at radius 3 is 2.30 bits per heavy atom. The Bertz CT molecular complexity index is 1020. The molecule has 2 saturated heterocycles. The molecule has 27 heavy (non-hydrogen) atoms. The number of anilines is 2. The van der Waals surface area contributed by atoms with E-state index < -0.39 is 21.9 Å². The number of aryl methyl sites for hydroxylation is 2. The third kappa shape index (κ3) is 2.86. The van der Waals surface area contributed by atoms with Crippen molar-refractivity contribution in [1.82, 2.24) is 0 Å². The van der Waals surface area contributed by atoms with Crippen LogP contribution >= 0.6 is 0 Å². The van der Waals surface area contributed by atoms with E-state index in [0.717, 1.165) is 16.8 Å². The first kappa shape index (κ1) is 17.9. The van der Waals surface area contributed by atoms with Crippen molar-refractivity contribution in [3.63, 3.8) is 0 Å². The molecule has 142 valence electrons. The van der Waals surface area contributed by atoms with E-state index in [1.165, 1.54) is 0 Å². The molecule has 7 heteroatoms. The van der Waals surface area contributed by atoms with Crippen LogP contribution in [-0.2, 0) is 9.84 Å². The number of hydrogen-bond acceptors (Lipinski definition) is 4. The van der Waals surface area contributed by atoms with Crippen LogP contribution in [0.5, 0.6) is 5.75 Å². The van der Waals surface area contributed by atoms with Crippen LogP contribution in [0.1, 0.15) is 11.1 Å². The number of fused-ring (bicyclic) bond motifs is 1. The molecule has 0 aromatic heterocycles. The van der Waals surface area contributed by atoms with Crippen molar-refractivity contribution in [2.45, 2.75) is 25.9 Å². The number of carbonyl (C=O) groups excluding carboxylic acids is 1. The van der Waals surface area contributed by atoms with Gasteiger partial charge in [0, 0.05) is 5.69 Å². The molecular formula is C20H22N2O4S. The summed E-state index contributed by atoms with van der Waals surface area (Å²) in [5, 5.41) is 0. The molecule has 2 fully saturated rings. The third-order valence-electron chi connectivity index (χ3n) is 5.48. The summed E-state index contributed by atoms with van der Waals surface area (Å²) in [6, 6.07) is 12.0. The summed E-state index contributed by atoms with van der Waals surface area (Å²) in [6.07, 6.45) is 0. The summed E-state index contributed by atoms with van der Waals surface area (Å²) in [6.45, 7) is 4.00. The second-order valence-electron chi connectivity index (χ2n) is 7.17. The third-order valence-corrected chi connectivity index (χ3v) is 7.18. The first-order chi connectivity index (χ1) is 12.8. The van der Waals surface area contributed by atoms with Crippen molar-refractivity contribution < 1.29 is 17.9 Å². The maximum absolute atomic E-state index is 13.4. The fourth-order valence-corrected chi connectivity index (χ4v) is 5.91. The molecule has 2 aliphatic heterocycles. The molecule has 2 atom stereocenters. The van der Waals surface area contributed by atoms with Gasteiger partial charge >= 0.3 is 6.03 Å². The van der Waals surface area contributed by atoms with Crippen LogP contribution in [0.25, 0.3) is 0 Å². The maximum Gasteiger partial charge on any atom is 0.329 e. The molecule has 2 aliphatic rings. The molecule has 0 saturated carbocycles. The fourth-order valence-electron chi connectivity index (χ4n) is 3.99. The van der Waals surface area contributed by atoms with E-state index in [4.69, 9.17) is 4.74 Å². The van der Waals surface area contributed by atoms with E-state index in [0.29, 0.717) is 11.4 Å². The van der Waals surface area contributed by atoms with Crippen LogP contribution in [0.3, 0.4) is 0 Å². The van der Waals surface area contributed by atoms with Gasteiger partial charge in [0.1, 0.15) is 5.75 Å². The smallest absolute Gasteiger partial charge is 0.329 e. The zero-order valence-corrected chi connectivity index (χ0v) is 16.4. The Morgan fingerprint density at radius 1 is 0.963 bits per heavy atom. The lowest BCUT2D eigenvalue weighted by Gasteiger charge is -2.24. The molecule has 0 bridgehead atoms. The number of nitrogens with zero attached hydrogens (tertiary/aromatic N) is 2. The van der Waals surface area contributed by atoms with Gasteiger partial charge in [-0.05, 0) is 49.2 Å².